The second kappa shape index (κ2) is 8.55. The maximum Gasteiger partial charge on any atom is 0.258 e. The molecule has 3 aromatic heterocycles. The summed E-state index contributed by atoms with van der Waals surface area (Å²) >= 11 is 0. The highest BCUT2D eigenvalue weighted by atomic mass is 16.2. The number of hydrogen-bond donors (Lipinski definition) is 1. The van der Waals surface area contributed by atoms with Crippen LogP contribution >= 0.6 is 0 Å². The summed E-state index contributed by atoms with van der Waals surface area (Å²) in [6.45, 7) is 4.41. The lowest BCUT2D eigenvalue weighted by Crippen LogP contribution is -2.32. The van der Waals surface area contributed by atoms with Crippen LogP contribution in [0.2, 0.25) is 0 Å². The Kier molecular flexibility index (Phi) is 5.41. The molecule has 0 bridgehead atoms. The van der Waals surface area contributed by atoms with E-state index in [1.165, 1.54) is 0 Å². The van der Waals surface area contributed by atoms with Crippen LogP contribution in [0.15, 0.2) is 65.5 Å². The standard InChI is InChI=1S/C26H24N6O2/c1-4-32(15-22-27-20-13-9-8-12-18(20)25(33)29-22)26(34)19-14-21(17-10-6-5-7-11-17)28-24-23(19)16(2)30-31(24)3/h5-14H,4,15H2,1-3H3,(H,27,29,33). The third kappa shape index (κ3) is 3.73. The van der Waals surface area contributed by atoms with Crippen LogP contribution in [0.5, 0.6) is 0 Å². The number of hydrogen-bond acceptors (Lipinski definition) is 5. The molecular formula is C26H24N6O2. The number of para-hydroxylation sites is 1. The Morgan fingerprint density at radius 2 is 1.79 bits per heavy atom. The minimum absolute atomic E-state index is 0.168. The number of benzene rings is 2. The molecule has 2 aromatic carbocycles. The van der Waals surface area contributed by atoms with E-state index in [1.54, 1.807) is 27.8 Å². The zero-order valence-corrected chi connectivity index (χ0v) is 19.2. The summed E-state index contributed by atoms with van der Waals surface area (Å²) in [6.07, 6.45) is 0. The molecule has 0 aliphatic rings. The molecule has 0 saturated heterocycles. The van der Waals surface area contributed by atoms with Crippen LogP contribution in [0, 0.1) is 6.92 Å². The molecule has 0 fully saturated rings. The van der Waals surface area contributed by atoms with Crippen LogP contribution in [-0.4, -0.2) is 42.1 Å². The zero-order chi connectivity index (χ0) is 23.8. The summed E-state index contributed by atoms with van der Waals surface area (Å²) in [5.74, 6) is 0.273. The number of aromatic amines is 1. The van der Waals surface area contributed by atoms with Crippen molar-refractivity contribution in [3.8, 4) is 11.3 Å². The number of aryl methyl sites for hydroxylation is 2. The van der Waals surface area contributed by atoms with Gasteiger partial charge in [-0.3, -0.25) is 14.3 Å². The largest absolute Gasteiger partial charge is 0.331 e. The fourth-order valence-corrected chi connectivity index (χ4v) is 4.26. The lowest BCUT2D eigenvalue weighted by atomic mass is 10.0. The summed E-state index contributed by atoms with van der Waals surface area (Å²) in [5.41, 5.74) is 3.92. The van der Waals surface area contributed by atoms with E-state index >= 15 is 0 Å². The first-order valence-corrected chi connectivity index (χ1v) is 11.1. The quantitative estimate of drug-likeness (QED) is 0.437. The van der Waals surface area contributed by atoms with Crippen molar-refractivity contribution in [3.63, 3.8) is 0 Å². The van der Waals surface area contributed by atoms with Gasteiger partial charge in [0.1, 0.15) is 5.82 Å². The molecule has 8 heteroatoms. The summed E-state index contributed by atoms with van der Waals surface area (Å²) in [5, 5.41) is 5.76. The molecule has 1 amide bonds. The topological polar surface area (TPSA) is 96.8 Å². The predicted octanol–water partition coefficient (Wildman–Crippen LogP) is 3.84. The summed E-state index contributed by atoms with van der Waals surface area (Å²) in [6, 6.07) is 18.8. The van der Waals surface area contributed by atoms with Gasteiger partial charge in [0.2, 0.25) is 0 Å². The Labute approximate surface area is 195 Å². The van der Waals surface area contributed by atoms with Crippen molar-refractivity contribution >= 4 is 27.8 Å². The molecular weight excluding hydrogens is 428 g/mol. The van der Waals surface area contributed by atoms with Gasteiger partial charge in [-0.05, 0) is 32.0 Å². The predicted molar refractivity (Wildman–Crippen MR) is 131 cm³/mol. The van der Waals surface area contributed by atoms with Crippen LogP contribution < -0.4 is 5.56 Å². The maximum absolute atomic E-state index is 13.8. The number of nitrogens with zero attached hydrogens (tertiary/aromatic N) is 5. The molecule has 3 heterocycles. The van der Waals surface area contributed by atoms with Crippen molar-refractivity contribution in [3.05, 3.63) is 88.1 Å². The van der Waals surface area contributed by atoms with Gasteiger partial charge in [-0.2, -0.15) is 5.10 Å². The molecule has 34 heavy (non-hydrogen) atoms. The number of nitrogens with one attached hydrogen (secondary N) is 1. The fourth-order valence-electron chi connectivity index (χ4n) is 4.26. The fraction of sp³-hybridized carbons (Fsp3) is 0.192. The van der Waals surface area contributed by atoms with Gasteiger partial charge in [0.15, 0.2) is 5.65 Å². The molecule has 0 saturated carbocycles. The van der Waals surface area contributed by atoms with E-state index in [2.05, 4.69) is 15.1 Å². The molecule has 0 spiro atoms. The summed E-state index contributed by atoms with van der Waals surface area (Å²) in [4.78, 5) is 40.2. The lowest BCUT2D eigenvalue weighted by Gasteiger charge is -2.21. The molecule has 5 rings (SSSR count). The van der Waals surface area contributed by atoms with Crippen LogP contribution in [0.1, 0.15) is 28.8 Å². The van der Waals surface area contributed by atoms with E-state index in [-0.39, 0.29) is 18.0 Å². The Morgan fingerprint density at radius 1 is 1.06 bits per heavy atom. The van der Waals surface area contributed by atoms with Gasteiger partial charge in [-0.15, -0.1) is 0 Å². The summed E-state index contributed by atoms with van der Waals surface area (Å²) in [7, 11) is 1.83. The Balaban J connectivity index is 1.59. The second-order valence-electron chi connectivity index (χ2n) is 8.18. The first kappa shape index (κ1) is 21.5. The summed E-state index contributed by atoms with van der Waals surface area (Å²) < 4.78 is 1.70. The molecule has 0 atom stereocenters. The number of amides is 1. The highest BCUT2D eigenvalue weighted by Crippen LogP contribution is 2.28. The minimum Gasteiger partial charge on any atom is -0.331 e. The monoisotopic (exact) mass is 452 g/mol. The average molecular weight is 453 g/mol. The van der Waals surface area contributed by atoms with Crippen LogP contribution in [0.4, 0.5) is 0 Å². The van der Waals surface area contributed by atoms with E-state index in [4.69, 9.17) is 4.98 Å². The number of pyridine rings is 1. The van der Waals surface area contributed by atoms with Gasteiger partial charge >= 0.3 is 0 Å². The van der Waals surface area contributed by atoms with Gasteiger partial charge in [-0.1, -0.05) is 42.5 Å². The smallest absolute Gasteiger partial charge is 0.258 e. The lowest BCUT2D eigenvalue weighted by molar-refractivity contribution is 0.0750. The van der Waals surface area contributed by atoms with Crippen molar-refractivity contribution in [1.82, 2.24) is 29.6 Å². The van der Waals surface area contributed by atoms with E-state index in [9.17, 15) is 9.59 Å². The normalized spacial score (nSPS) is 11.3. The number of fused-ring (bicyclic) bond motifs is 2. The average Bonchev–Trinajstić information content (AvgIpc) is 3.15. The van der Waals surface area contributed by atoms with E-state index in [0.717, 1.165) is 16.6 Å². The van der Waals surface area contributed by atoms with Crippen molar-refractivity contribution in [2.45, 2.75) is 20.4 Å². The molecule has 1 N–H and O–H groups in total. The number of carbonyl (C=O) groups excluding carboxylic acids is 1. The maximum atomic E-state index is 13.8. The first-order chi connectivity index (χ1) is 16.5. The first-order valence-electron chi connectivity index (χ1n) is 11.1. The van der Waals surface area contributed by atoms with Crippen molar-refractivity contribution in [2.75, 3.05) is 6.54 Å². The second-order valence-corrected chi connectivity index (χ2v) is 8.18. The van der Waals surface area contributed by atoms with Crippen LogP contribution in [0.25, 0.3) is 33.2 Å². The highest BCUT2D eigenvalue weighted by Gasteiger charge is 2.23. The zero-order valence-electron chi connectivity index (χ0n) is 19.2. The Morgan fingerprint density at radius 3 is 2.56 bits per heavy atom. The van der Waals surface area contributed by atoms with Crippen molar-refractivity contribution in [2.24, 2.45) is 7.05 Å². The number of carbonyl (C=O) groups is 1. The van der Waals surface area contributed by atoms with E-state index < -0.39 is 0 Å². The third-order valence-electron chi connectivity index (χ3n) is 5.94. The number of aromatic nitrogens is 5. The van der Waals surface area contributed by atoms with Crippen molar-refractivity contribution < 1.29 is 4.79 Å². The third-order valence-corrected chi connectivity index (χ3v) is 5.94. The number of H-pyrrole nitrogens is 1. The molecule has 0 unspecified atom stereocenters. The SMILES string of the molecule is CCN(Cc1nc2ccccc2c(=O)[nH]1)C(=O)c1cc(-c2ccccc2)nc2c1c(C)nn2C. The highest BCUT2D eigenvalue weighted by molar-refractivity contribution is 6.07. The van der Waals surface area contributed by atoms with Gasteiger partial charge < -0.3 is 9.88 Å². The van der Waals surface area contributed by atoms with Crippen LogP contribution in [-0.2, 0) is 13.6 Å². The van der Waals surface area contributed by atoms with Gasteiger partial charge in [0.05, 0.1) is 39.8 Å². The molecule has 0 radical (unpaired) electrons. The molecule has 8 nitrogen and oxygen atoms in total. The molecule has 170 valence electrons. The van der Waals surface area contributed by atoms with E-state index in [1.807, 2.05) is 63.4 Å². The van der Waals surface area contributed by atoms with Crippen LogP contribution in [0.3, 0.4) is 0 Å². The molecule has 0 aliphatic heterocycles. The Bertz CT molecular complexity index is 1590. The Hall–Kier alpha value is -4.33. The number of rotatable bonds is 5. The van der Waals surface area contributed by atoms with Gasteiger partial charge in [-0.25, -0.2) is 9.97 Å². The van der Waals surface area contributed by atoms with Gasteiger partial charge in [0, 0.05) is 19.2 Å². The van der Waals surface area contributed by atoms with Crippen molar-refractivity contribution in [1.29, 1.82) is 0 Å². The minimum atomic E-state index is -0.218. The molecule has 5 aromatic rings. The van der Waals surface area contributed by atoms with Gasteiger partial charge in [0.25, 0.3) is 11.5 Å². The molecule has 0 aliphatic carbocycles. The van der Waals surface area contributed by atoms with E-state index in [0.29, 0.717) is 40.2 Å².